The lowest BCUT2D eigenvalue weighted by Crippen LogP contribution is -2.48. The number of hydrogen-bond acceptors (Lipinski definition) is 4. The maximum atomic E-state index is 12.2. The number of phenols is 1. The molecule has 2 saturated carbocycles. The molecule has 0 amide bonds. The molecule has 1 aromatic rings. The molecule has 0 spiro atoms. The lowest BCUT2D eigenvalue weighted by Gasteiger charge is -2.53. The molecule has 4 heteroatoms. The molecule has 0 bridgehead atoms. The van der Waals surface area contributed by atoms with E-state index in [2.05, 4.69) is 26.8 Å². The molecule has 0 heterocycles. The minimum absolute atomic E-state index is 0.0266. The van der Waals surface area contributed by atoms with Crippen molar-refractivity contribution >= 4 is 6.16 Å². The number of unbranched alkanes of at least 4 members (excludes halogenated alkanes) is 1. The second kappa shape index (κ2) is 8.20. The van der Waals surface area contributed by atoms with Crippen LogP contribution in [0, 0.1) is 23.2 Å². The zero-order valence-corrected chi connectivity index (χ0v) is 18.2. The van der Waals surface area contributed by atoms with Crippen LogP contribution in [0.5, 0.6) is 5.75 Å². The summed E-state index contributed by atoms with van der Waals surface area (Å²) >= 11 is 0. The Morgan fingerprint density at radius 3 is 2.83 bits per heavy atom. The Hall–Kier alpha value is -1.71. The molecule has 160 valence electrons. The van der Waals surface area contributed by atoms with Crippen molar-refractivity contribution in [2.24, 2.45) is 23.2 Å². The molecule has 3 aliphatic rings. The summed E-state index contributed by atoms with van der Waals surface area (Å²) in [6.07, 6.45) is 7.91. The molecule has 0 radical (unpaired) electrons. The second-order valence-corrected chi connectivity index (χ2v) is 9.73. The second-order valence-electron chi connectivity index (χ2n) is 9.73. The summed E-state index contributed by atoms with van der Waals surface area (Å²) in [7, 11) is 0. The van der Waals surface area contributed by atoms with Crippen LogP contribution in [0.25, 0.3) is 0 Å². The molecular formula is C25H36O4. The average Bonchev–Trinajstić information content (AvgIpc) is 3.03. The van der Waals surface area contributed by atoms with Crippen LogP contribution in [0.4, 0.5) is 4.79 Å². The van der Waals surface area contributed by atoms with Crippen LogP contribution in [-0.4, -0.2) is 24.0 Å². The fourth-order valence-corrected chi connectivity index (χ4v) is 6.78. The van der Waals surface area contributed by atoms with Crippen LogP contribution in [-0.2, 0) is 15.9 Å². The quantitative estimate of drug-likeness (QED) is 0.472. The van der Waals surface area contributed by atoms with Gasteiger partial charge in [-0.1, -0.05) is 39.7 Å². The third kappa shape index (κ3) is 3.64. The molecule has 1 N–H and O–H groups in total. The van der Waals surface area contributed by atoms with E-state index in [0.29, 0.717) is 36.0 Å². The van der Waals surface area contributed by atoms with Crippen LogP contribution in [0.1, 0.15) is 82.8 Å². The van der Waals surface area contributed by atoms with Gasteiger partial charge >= 0.3 is 6.16 Å². The number of benzene rings is 1. The van der Waals surface area contributed by atoms with Gasteiger partial charge < -0.3 is 14.6 Å². The normalized spacial score (nSPS) is 35.3. The summed E-state index contributed by atoms with van der Waals surface area (Å²) in [4.78, 5) is 12.2. The van der Waals surface area contributed by atoms with E-state index in [4.69, 9.17) is 9.47 Å². The maximum absolute atomic E-state index is 12.2. The van der Waals surface area contributed by atoms with E-state index in [1.54, 1.807) is 0 Å². The Morgan fingerprint density at radius 1 is 1.24 bits per heavy atom. The number of rotatable bonds is 5. The minimum Gasteiger partial charge on any atom is -0.508 e. The Balaban J connectivity index is 1.54. The Bertz CT molecular complexity index is 744. The van der Waals surface area contributed by atoms with Gasteiger partial charge in [0.15, 0.2) is 0 Å². The highest BCUT2D eigenvalue weighted by Gasteiger charge is 2.58. The Labute approximate surface area is 175 Å². The molecular weight excluding hydrogens is 364 g/mol. The lowest BCUT2D eigenvalue weighted by atomic mass is 9.52. The summed E-state index contributed by atoms with van der Waals surface area (Å²) in [6, 6.07) is 5.99. The first-order valence-electron chi connectivity index (χ1n) is 11.6. The molecule has 0 saturated heterocycles. The van der Waals surface area contributed by atoms with Crippen LogP contribution in [0.3, 0.4) is 0 Å². The van der Waals surface area contributed by atoms with Crippen molar-refractivity contribution in [1.82, 2.24) is 0 Å². The van der Waals surface area contributed by atoms with Crippen molar-refractivity contribution in [3.05, 3.63) is 29.3 Å². The maximum Gasteiger partial charge on any atom is 0.508 e. The van der Waals surface area contributed by atoms with Gasteiger partial charge in [-0.15, -0.1) is 0 Å². The average molecular weight is 401 g/mol. The molecule has 4 nitrogen and oxygen atoms in total. The molecule has 3 aliphatic carbocycles. The molecule has 1 aromatic carbocycles. The van der Waals surface area contributed by atoms with E-state index < -0.39 is 6.16 Å². The standard InChI is InChI=1S/C25H36O4/c1-4-6-13-28-24(27)29-22-10-9-21-23-16(5-2)14-17-15-18(26)7-8-19(17)20(23)11-12-25(21,22)3/h7-8,15-16,20-23,26H,4-6,9-14H2,1-3H3/t16-,20?,21?,22-,23?,25-/m0/s1. The van der Waals surface area contributed by atoms with Gasteiger partial charge in [-0.25, -0.2) is 4.79 Å². The number of ether oxygens (including phenoxy) is 2. The van der Waals surface area contributed by atoms with Gasteiger partial charge in [0.1, 0.15) is 11.9 Å². The highest BCUT2D eigenvalue weighted by molar-refractivity contribution is 5.60. The highest BCUT2D eigenvalue weighted by atomic mass is 16.7. The van der Waals surface area contributed by atoms with E-state index in [9.17, 15) is 9.90 Å². The first kappa shape index (κ1) is 20.6. The highest BCUT2D eigenvalue weighted by Crippen LogP contribution is 2.63. The molecule has 4 rings (SSSR count). The third-order valence-electron chi connectivity index (χ3n) is 8.28. The molecule has 0 aromatic heterocycles. The van der Waals surface area contributed by atoms with Crippen LogP contribution in [0.15, 0.2) is 18.2 Å². The van der Waals surface area contributed by atoms with E-state index in [-0.39, 0.29) is 11.5 Å². The van der Waals surface area contributed by atoms with E-state index >= 15 is 0 Å². The number of carbonyl (C=O) groups excluding carboxylic acids is 1. The van der Waals surface area contributed by atoms with Crippen molar-refractivity contribution in [2.45, 2.75) is 84.2 Å². The largest absolute Gasteiger partial charge is 0.508 e. The predicted octanol–water partition coefficient (Wildman–Crippen LogP) is 6.21. The van der Waals surface area contributed by atoms with Gasteiger partial charge in [-0.2, -0.15) is 0 Å². The Kier molecular flexibility index (Phi) is 5.81. The number of fused-ring (bicyclic) bond motifs is 5. The minimum atomic E-state index is -0.482. The van der Waals surface area contributed by atoms with Crippen molar-refractivity contribution in [1.29, 1.82) is 0 Å². The van der Waals surface area contributed by atoms with Crippen LogP contribution in [0.2, 0.25) is 0 Å². The fourth-order valence-electron chi connectivity index (χ4n) is 6.78. The number of hydrogen-bond donors (Lipinski definition) is 1. The van der Waals surface area contributed by atoms with Crippen molar-refractivity contribution < 1.29 is 19.4 Å². The predicted molar refractivity (Wildman–Crippen MR) is 113 cm³/mol. The number of carbonyl (C=O) groups is 1. The van der Waals surface area contributed by atoms with Gasteiger partial charge in [-0.05, 0) is 85.5 Å². The Morgan fingerprint density at radius 2 is 2.07 bits per heavy atom. The summed E-state index contributed by atoms with van der Waals surface area (Å²) in [5, 5.41) is 9.97. The van der Waals surface area contributed by atoms with Crippen molar-refractivity contribution in [3.63, 3.8) is 0 Å². The molecule has 3 unspecified atom stereocenters. The van der Waals surface area contributed by atoms with Gasteiger partial charge in [0.2, 0.25) is 0 Å². The SMILES string of the molecule is CCCCOC(=O)O[C@H]1CCC2C3C(CC[C@@]21C)c1ccc(O)cc1C[C@@H]3CC. The summed E-state index contributed by atoms with van der Waals surface area (Å²) in [6.45, 7) is 7.19. The van der Waals surface area contributed by atoms with E-state index in [0.717, 1.165) is 51.4 Å². The molecule has 6 atom stereocenters. The van der Waals surface area contributed by atoms with Gasteiger partial charge in [0.25, 0.3) is 0 Å². The number of aromatic hydroxyl groups is 1. The zero-order valence-electron chi connectivity index (χ0n) is 18.2. The van der Waals surface area contributed by atoms with E-state index in [1.807, 2.05) is 12.1 Å². The first-order valence-corrected chi connectivity index (χ1v) is 11.6. The molecule has 2 fully saturated rings. The van der Waals surface area contributed by atoms with Crippen molar-refractivity contribution in [2.75, 3.05) is 6.61 Å². The summed E-state index contributed by atoms with van der Waals surface area (Å²) < 4.78 is 11.2. The topological polar surface area (TPSA) is 55.8 Å². The van der Waals surface area contributed by atoms with Gasteiger partial charge in [0, 0.05) is 5.41 Å². The third-order valence-corrected chi connectivity index (χ3v) is 8.28. The summed E-state index contributed by atoms with van der Waals surface area (Å²) in [5.41, 5.74) is 2.84. The summed E-state index contributed by atoms with van der Waals surface area (Å²) in [5.74, 6) is 2.81. The van der Waals surface area contributed by atoms with Gasteiger partial charge in [-0.3, -0.25) is 0 Å². The molecule has 29 heavy (non-hydrogen) atoms. The first-order chi connectivity index (χ1) is 14.0. The van der Waals surface area contributed by atoms with Crippen molar-refractivity contribution in [3.8, 4) is 5.75 Å². The van der Waals surface area contributed by atoms with E-state index in [1.165, 1.54) is 11.1 Å². The molecule has 0 aliphatic heterocycles. The smallest absolute Gasteiger partial charge is 0.508 e. The monoisotopic (exact) mass is 400 g/mol. The van der Waals surface area contributed by atoms with Crippen LogP contribution >= 0.6 is 0 Å². The lowest BCUT2D eigenvalue weighted by molar-refractivity contribution is -0.0635. The zero-order chi connectivity index (χ0) is 20.6. The number of phenolic OH excluding ortho intramolecular Hbond substituents is 1. The van der Waals surface area contributed by atoms with Gasteiger partial charge in [0.05, 0.1) is 6.61 Å². The fraction of sp³-hybridized carbons (Fsp3) is 0.720. The van der Waals surface area contributed by atoms with Crippen LogP contribution < -0.4 is 0 Å².